The molecule has 0 saturated carbocycles. The predicted molar refractivity (Wildman–Crippen MR) is 83.3 cm³/mol. The smallest absolute Gasteiger partial charge is 0.309 e. The Bertz CT molecular complexity index is 490. The summed E-state index contributed by atoms with van der Waals surface area (Å²) >= 11 is 1.46. The summed E-state index contributed by atoms with van der Waals surface area (Å²) in [5.41, 5.74) is 0.897. The van der Waals surface area contributed by atoms with Crippen molar-refractivity contribution in [2.45, 2.75) is 27.3 Å². The fourth-order valence-corrected chi connectivity index (χ4v) is 2.99. The summed E-state index contributed by atoms with van der Waals surface area (Å²) in [7, 11) is 3.33. The number of carbonyl (C=O) groups is 2. The van der Waals surface area contributed by atoms with Crippen LogP contribution in [-0.4, -0.2) is 49.0 Å². The van der Waals surface area contributed by atoms with Crippen LogP contribution in [0.3, 0.4) is 0 Å². The number of anilines is 1. The molecular formula is C14H23N3O3S. The molecular weight excluding hydrogens is 290 g/mol. The Balaban J connectivity index is 2.62. The van der Waals surface area contributed by atoms with Gasteiger partial charge in [0.2, 0.25) is 5.91 Å². The second-order valence-electron chi connectivity index (χ2n) is 5.01. The van der Waals surface area contributed by atoms with Crippen molar-refractivity contribution in [3.05, 3.63) is 11.1 Å². The van der Waals surface area contributed by atoms with Gasteiger partial charge in [0, 0.05) is 31.9 Å². The van der Waals surface area contributed by atoms with Gasteiger partial charge in [-0.25, -0.2) is 4.98 Å². The summed E-state index contributed by atoms with van der Waals surface area (Å²) in [5, 5.41) is 2.66. The Kier molecular flexibility index (Phi) is 6.77. The SMILES string of the molecule is CCN(C(C)=O)c1nc(CN(C)CC(C)C(=O)OC)cs1. The predicted octanol–water partition coefficient (Wildman–Crippen LogP) is 1.76. The molecule has 0 bridgehead atoms. The molecule has 1 heterocycles. The molecule has 7 heteroatoms. The lowest BCUT2D eigenvalue weighted by molar-refractivity contribution is -0.145. The molecule has 0 aliphatic heterocycles. The van der Waals surface area contributed by atoms with E-state index in [1.165, 1.54) is 25.4 Å². The van der Waals surface area contributed by atoms with E-state index < -0.39 is 0 Å². The largest absolute Gasteiger partial charge is 0.469 e. The van der Waals surface area contributed by atoms with Crippen LogP contribution in [0.5, 0.6) is 0 Å². The zero-order chi connectivity index (χ0) is 16.0. The van der Waals surface area contributed by atoms with E-state index in [9.17, 15) is 9.59 Å². The number of esters is 1. The van der Waals surface area contributed by atoms with E-state index in [0.29, 0.717) is 19.6 Å². The summed E-state index contributed by atoms with van der Waals surface area (Å²) in [6.45, 7) is 7.14. The van der Waals surface area contributed by atoms with Gasteiger partial charge < -0.3 is 4.74 Å². The van der Waals surface area contributed by atoms with Crippen molar-refractivity contribution in [2.75, 3.05) is 32.1 Å². The van der Waals surface area contributed by atoms with Gasteiger partial charge in [-0.2, -0.15) is 0 Å². The van der Waals surface area contributed by atoms with Crippen molar-refractivity contribution in [2.24, 2.45) is 5.92 Å². The van der Waals surface area contributed by atoms with Crippen LogP contribution < -0.4 is 4.90 Å². The first-order valence-electron chi connectivity index (χ1n) is 6.87. The highest BCUT2D eigenvalue weighted by Gasteiger charge is 2.17. The third-order valence-electron chi connectivity index (χ3n) is 3.09. The molecule has 118 valence electrons. The Hall–Kier alpha value is -1.47. The minimum Gasteiger partial charge on any atom is -0.469 e. The number of methoxy groups -OCH3 is 1. The molecule has 0 spiro atoms. The van der Waals surface area contributed by atoms with Gasteiger partial charge in [0.25, 0.3) is 0 Å². The van der Waals surface area contributed by atoms with E-state index in [-0.39, 0.29) is 17.8 Å². The number of amides is 1. The first-order valence-corrected chi connectivity index (χ1v) is 7.75. The van der Waals surface area contributed by atoms with Crippen molar-refractivity contribution < 1.29 is 14.3 Å². The maximum atomic E-state index is 11.5. The summed E-state index contributed by atoms with van der Waals surface area (Å²) in [6, 6.07) is 0. The van der Waals surface area contributed by atoms with Gasteiger partial charge in [-0.15, -0.1) is 11.3 Å². The molecule has 0 N–H and O–H groups in total. The fraction of sp³-hybridized carbons (Fsp3) is 0.643. The highest BCUT2D eigenvalue weighted by atomic mass is 32.1. The lowest BCUT2D eigenvalue weighted by Crippen LogP contribution is -2.29. The van der Waals surface area contributed by atoms with Gasteiger partial charge in [0.05, 0.1) is 18.7 Å². The zero-order valence-corrected chi connectivity index (χ0v) is 14.1. The molecule has 6 nitrogen and oxygen atoms in total. The molecule has 1 amide bonds. The standard InChI is InChI=1S/C14H23N3O3S/c1-6-17(11(3)18)14-15-12(9-21-14)8-16(4)7-10(2)13(19)20-5/h9-10H,6-8H2,1-5H3. The van der Waals surface area contributed by atoms with Crippen molar-refractivity contribution >= 4 is 28.3 Å². The van der Waals surface area contributed by atoms with E-state index in [4.69, 9.17) is 4.74 Å². The molecule has 1 unspecified atom stereocenters. The van der Waals surface area contributed by atoms with E-state index in [1.54, 1.807) is 4.90 Å². The van der Waals surface area contributed by atoms with Crippen LogP contribution in [0.15, 0.2) is 5.38 Å². The number of rotatable bonds is 7. The summed E-state index contributed by atoms with van der Waals surface area (Å²) < 4.78 is 4.72. The van der Waals surface area contributed by atoms with Crippen molar-refractivity contribution in [1.82, 2.24) is 9.88 Å². The van der Waals surface area contributed by atoms with Crippen LogP contribution >= 0.6 is 11.3 Å². The quantitative estimate of drug-likeness (QED) is 0.718. The van der Waals surface area contributed by atoms with Crippen LogP contribution in [-0.2, 0) is 20.9 Å². The first-order chi connectivity index (χ1) is 9.88. The number of carbonyl (C=O) groups excluding carboxylic acids is 2. The average molecular weight is 313 g/mol. The second kappa shape index (κ2) is 8.09. The highest BCUT2D eigenvalue weighted by molar-refractivity contribution is 7.14. The van der Waals surface area contributed by atoms with Crippen molar-refractivity contribution in [3.63, 3.8) is 0 Å². The van der Waals surface area contributed by atoms with Crippen molar-refractivity contribution in [3.8, 4) is 0 Å². The maximum absolute atomic E-state index is 11.5. The van der Waals surface area contributed by atoms with Gasteiger partial charge in [0.15, 0.2) is 5.13 Å². The van der Waals surface area contributed by atoms with Crippen LogP contribution in [0.25, 0.3) is 0 Å². The molecule has 1 aromatic rings. The molecule has 1 atom stereocenters. The number of hydrogen-bond donors (Lipinski definition) is 0. The third-order valence-corrected chi connectivity index (χ3v) is 4.00. The minimum atomic E-state index is -0.213. The number of nitrogens with zero attached hydrogens (tertiary/aromatic N) is 3. The highest BCUT2D eigenvalue weighted by Crippen LogP contribution is 2.21. The van der Waals surface area contributed by atoms with E-state index >= 15 is 0 Å². The molecule has 1 aromatic heterocycles. The van der Waals surface area contributed by atoms with Gasteiger partial charge in [0.1, 0.15) is 0 Å². The molecule has 0 aliphatic rings. The van der Waals surface area contributed by atoms with Crippen molar-refractivity contribution in [1.29, 1.82) is 0 Å². The number of thiazole rings is 1. The molecule has 0 aromatic carbocycles. The fourth-order valence-electron chi connectivity index (χ4n) is 2.07. The Morgan fingerprint density at radius 2 is 2.14 bits per heavy atom. The van der Waals surface area contributed by atoms with E-state index in [2.05, 4.69) is 4.98 Å². The molecule has 0 saturated heterocycles. The molecule has 0 aliphatic carbocycles. The number of hydrogen-bond acceptors (Lipinski definition) is 6. The molecule has 21 heavy (non-hydrogen) atoms. The topological polar surface area (TPSA) is 62.7 Å². The Labute approximate surface area is 129 Å². The Morgan fingerprint density at radius 1 is 1.48 bits per heavy atom. The summed E-state index contributed by atoms with van der Waals surface area (Å²) in [4.78, 5) is 31.0. The lowest BCUT2D eigenvalue weighted by atomic mass is 10.2. The maximum Gasteiger partial charge on any atom is 0.309 e. The minimum absolute atomic E-state index is 0.00827. The average Bonchev–Trinajstić information content (AvgIpc) is 2.85. The van der Waals surface area contributed by atoms with Crippen LogP contribution in [0.1, 0.15) is 26.5 Å². The van der Waals surface area contributed by atoms with E-state index in [0.717, 1.165) is 10.8 Å². The van der Waals surface area contributed by atoms with Crippen LogP contribution in [0.2, 0.25) is 0 Å². The van der Waals surface area contributed by atoms with Gasteiger partial charge in [-0.3, -0.25) is 19.4 Å². The summed E-state index contributed by atoms with van der Waals surface area (Å²) in [5.74, 6) is -0.400. The second-order valence-corrected chi connectivity index (χ2v) is 5.84. The zero-order valence-electron chi connectivity index (χ0n) is 13.3. The first kappa shape index (κ1) is 17.6. The monoisotopic (exact) mass is 313 g/mol. The summed E-state index contributed by atoms with van der Waals surface area (Å²) in [6.07, 6.45) is 0. The van der Waals surface area contributed by atoms with Crippen LogP contribution in [0, 0.1) is 5.92 Å². The molecule has 0 radical (unpaired) electrons. The van der Waals surface area contributed by atoms with E-state index in [1.807, 2.05) is 31.2 Å². The van der Waals surface area contributed by atoms with Gasteiger partial charge >= 0.3 is 5.97 Å². The normalized spacial score (nSPS) is 12.3. The lowest BCUT2D eigenvalue weighted by Gasteiger charge is -2.19. The number of ether oxygens (including phenoxy) is 1. The van der Waals surface area contributed by atoms with Gasteiger partial charge in [-0.05, 0) is 14.0 Å². The molecule has 0 fully saturated rings. The van der Waals surface area contributed by atoms with Gasteiger partial charge in [-0.1, -0.05) is 6.92 Å². The third kappa shape index (κ3) is 5.09. The molecule has 1 rings (SSSR count). The van der Waals surface area contributed by atoms with Crippen LogP contribution in [0.4, 0.5) is 5.13 Å². The Morgan fingerprint density at radius 3 is 2.67 bits per heavy atom. The number of aromatic nitrogens is 1.